The number of nitrogens with one attached hydrogen (secondary N) is 1. The van der Waals surface area contributed by atoms with Crippen molar-refractivity contribution in [2.45, 2.75) is 44.6 Å². The van der Waals surface area contributed by atoms with Crippen molar-refractivity contribution < 1.29 is 22.7 Å². The van der Waals surface area contributed by atoms with Crippen molar-refractivity contribution in [3.8, 4) is 5.75 Å². The summed E-state index contributed by atoms with van der Waals surface area (Å²) in [6.07, 6.45) is 0.303. The van der Waals surface area contributed by atoms with Crippen LogP contribution < -0.4 is 9.46 Å². The number of pyridine rings is 1. The molecule has 1 aliphatic heterocycles. The number of hydrogen-bond donors (Lipinski definition) is 1. The molecule has 8 heteroatoms. The van der Waals surface area contributed by atoms with E-state index < -0.39 is 21.5 Å². The number of carbonyl (C=O) groups is 1. The Hall–Kier alpha value is -2.97. The number of rotatable bonds is 5. The third kappa shape index (κ3) is 4.20. The number of fused-ring (bicyclic) bond motifs is 1. The zero-order valence-corrected chi connectivity index (χ0v) is 20.2. The first-order valence-corrected chi connectivity index (χ1v) is 12.2. The predicted octanol–water partition coefficient (Wildman–Crippen LogP) is 4.01. The number of sulfonamides is 1. The molecule has 0 bridgehead atoms. The number of hydrogen-bond acceptors (Lipinski definition) is 6. The molecule has 7 nitrogen and oxygen atoms in total. The fraction of sp³-hybridized carbons (Fsp3) is 0.360. The van der Waals surface area contributed by atoms with Gasteiger partial charge in [0.1, 0.15) is 5.75 Å². The Morgan fingerprint density at radius 3 is 2.55 bits per heavy atom. The number of methoxy groups -OCH3 is 1. The van der Waals surface area contributed by atoms with Gasteiger partial charge in [0.25, 0.3) is 15.9 Å². The van der Waals surface area contributed by atoms with Crippen LogP contribution in [-0.4, -0.2) is 33.0 Å². The Kier molecular flexibility index (Phi) is 5.70. The van der Waals surface area contributed by atoms with Crippen LogP contribution in [0.1, 0.15) is 37.1 Å². The molecule has 3 aromatic rings. The first-order valence-electron chi connectivity index (χ1n) is 10.7. The van der Waals surface area contributed by atoms with E-state index in [0.29, 0.717) is 35.2 Å². The lowest BCUT2D eigenvalue weighted by atomic mass is 9.79. The maximum Gasteiger partial charge on any atom is 0.270 e. The first kappa shape index (κ1) is 23.2. The normalized spacial score (nSPS) is 20.0. The van der Waals surface area contributed by atoms with Gasteiger partial charge >= 0.3 is 0 Å². The lowest BCUT2D eigenvalue weighted by molar-refractivity contribution is -0.140. The van der Waals surface area contributed by atoms with Crippen LogP contribution in [0.15, 0.2) is 53.4 Å². The zero-order valence-electron chi connectivity index (χ0n) is 19.4. The van der Waals surface area contributed by atoms with Gasteiger partial charge in [-0.3, -0.25) is 9.78 Å². The summed E-state index contributed by atoms with van der Waals surface area (Å²) in [5.74, 6) is -0.273. The van der Waals surface area contributed by atoms with E-state index in [9.17, 15) is 13.2 Å². The van der Waals surface area contributed by atoms with E-state index in [1.165, 1.54) is 13.2 Å². The molecule has 174 valence electrons. The summed E-state index contributed by atoms with van der Waals surface area (Å²) in [5, 5.41) is 0.443. The van der Waals surface area contributed by atoms with Crippen LogP contribution in [0.25, 0.3) is 10.9 Å². The summed E-state index contributed by atoms with van der Waals surface area (Å²) in [6.45, 7) is 8.00. The van der Waals surface area contributed by atoms with Gasteiger partial charge in [-0.15, -0.1) is 0 Å². The van der Waals surface area contributed by atoms with E-state index in [1.807, 2.05) is 39.8 Å². The fourth-order valence-electron chi connectivity index (χ4n) is 4.40. The SMILES string of the molecule is COc1ccc(C)cc1[C@@]1(C(=O)NS(=O)(=O)c2cccc3nc(C)ccc23)CC(C)(C)CO1. The number of aromatic nitrogens is 1. The number of nitrogens with zero attached hydrogens (tertiary/aromatic N) is 1. The minimum Gasteiger partial charge on any atom is -0.496 e. The Morgan fingerprint density at radius 1 is 1.12 bits per heavy atom. The molecule has 2 heterocycles. The quantitative estimate of drug-likeness (QED) is 0.608. The Bertz CT molecular complexity index is 1350. The van der Waals surface area contributed by atoms with Gasteiger partial charge in [0, 0.05) is 16.6 Å². The lowest BCUT2D eigenvalue weighted by Gasteiger charge is -2.30. The first-order chi connectivity index (χ1) is 15.5. The van der Waals surface area contributed by atoms with Crippen molar-refractivity contribution in [2.24, 2.45) is 5.41 Å². The topological polar surface area (TPSA) is 94.6 Å². The highest BCUT2D eigenvalue weighted by molar-refractivity contribution is 7.90. The summed E-state index contributed by atoms with van der Waals surface area (Å²) in [4.78, 5) is 18.1. The molecular formula is C25H28N2O5S. The van der Waals surface area contributed by atoms with Crippen molar-refractivity contribution >= 4 is 26.8 Å². The maximum absolute atomic E-state index is 13.7. The average molecular weight is 469 g/mol. The number of ether oxygens (including phenoxy) is 2. The van der Waals surface area contributed by atoms with Crippen molar-refractivity contribution in [1.82, 2.24) is 9.71 Å². The van der Waals surface area contributed by atoms with Crippen LogP contribution in [0.2, 0.25) is 0 Å². The van der Waals surface area contributed by atoms with Crippen LogP contribution in [0.5, 0.6) is 5.75 Å². The standard InChI is InChI=1S/C25H28N2O5S/c1-16-9-12-21(31-5)19(13-16)25(14-24(3,4)15-32-25)23(28)27-33(29,30)22-8-6-7-20-18(22)11-10-17(2)26-20/h6-13H,14-15H2,1-5H3,(H,27,28)/t25-/m1/s1. The Labute approximate surface area is 194 Å². The smallest absolute Gasteiger partial charge is 0.270 e. The molecule has 1 aromatic heterocycles. The van der Waals surface area contributed by atoms with Crippen molar-refractivity contribution in [1.29, 1.82) is 0 Å². The Morgan fingerprint density at radius 2 is 1.88 bits per heavy atom. The predicted molar refractivity (Wildman–Crippen MR) is 126 cm³/mol. The minimum atomic E-state index is -4.21. The van der Waals surface area contributed by atoms with Crippen molar-refractivity contribution in [3.63, 3.8) is 0 Å². The van der Waals surface area contributed by atoms with Crippen LogP contribution in [0.3, 0.4) is 0 Å². The summed E-state index contributed by atoms with van der Waals surface area (Å²) < 4.78 is 40.7. The molecule has 0 aliphatic carbocycles. The molecule has 0 radical (unpaired) electrons. The van der Waals surface area contributed by atoms with Gasteiger partial charge in [0.15, 0.2) is 5.60 Å². The molecular weight excluding hydrogens is 440 g/mol. The molecule has 1 fully saturated rings. The van der Waals surface area contributed by atoms with Crippen LogP contribution in [-0.2, 0) is 25.2 Å². The van der Waals surface area contributed by atoms with E-state index >= 15 is 0 Å². The van der Waals surface area contributed by atoms with Gasteiger partial charge in [-0.25, -0.2) is 13.1 Å². The van der Waals surface area contributed by atoms with E-state index in [-0.39, 0.29) is 10.3 Å². The van der Waals surface area contributed by atoms with Crippen molar-refractivity contribution in [2.75, 3.05) is 13.7 Å². The summed E-state index contributed by atoms with van der Waals surface area (Å²) in [5.41, 5.74) is 0.888. The second-order valence-corrected chi connectivity index (χ2v) is 11.0. The molecule has 1 aliphatic rings. The second kappa shape index (κ2) is 8.11. The number of benzene rings is 2. The molecule has 0 unspecified atom stereocenters. The van der Waals surface area contributed by atoms with E-state index in [0.717, 1.165) is 11.3 Å². The van der Waals surface area contributed by atoms with E-state index in [2.05, 4.69) is 9.71 Å². The van der Waals surface area contributed by atoms with Gasteiger partial charge in [-0.05, 0) is 62.1 Å². The van der Waals surface area contributed by atoms with Gasteiger partial charge < -0.3 is 9.47 Å². The summed E-state index contributed by atoms with van der Waals surface area (Å²) in [7, 11) is -2.69. The van der Waals surface area contributed by atoms with Crippen LogP contribution in [0.4, 0.5) is 0 Å². The molecule has 1 N–H and O–H groups in total. The highest BCUT2D eigenvalue weighted by Gasteiger charge is 2.53. The number of aryl methyl sites for hydroxylation is 2. The van der Waals surface area contributed by atoms with Gasteiger partial charge in [-0.1, -0.05) is 31.5 Å². The summed E-state index contributed by atoms with van der Waals surface area (Å²) in [6, 6.07) is 13.7. The number of carbonyl (C=O) groups excluding carboxylic acids is 1. The third-order valence-electron chi connectivity index (χ3n) is 5.94. The van der Waals surface area contributed by atoms with Crippen molar-refractivity contribution in [3.05, 3.63) is 65.4 Å². The molecule has 1 saturated heterocycles. The molecule has 2 aromatic carbocycles. The fourth-order valence-corrected chi connectivity index (χ4v) is 5.63. The highest BCUT2D eigenvalue weighted by Crippen LogP contribution is 2.48. The zero-order chi connectivity index (χ0) is 24.0. The Balaban J connectivity index is 1.80. The lowest BCUT2D eigenvalue weighted by Crippen LogP contribution is -2.47. The largest absolute Gasteiger partial charge is 0.496 e. The molecule has 1 amide bonds. The average Bonchev–Trinajstić information content (AvgIpc) is 3.09. The molecule has 0 saturated carbocycles. The second-order valence-electron chi connectivity index (χ2n) is 9.37. The highest BCUT2D eigenvalue weighted by atomic mass is 32.2. The van der Waals surface area contributed by atoms with Crippen LogP contribution in [0, 0.1) is 19.3 Å². The third-order valence-corrected chi connectivity index (χ3v) is 7.33. The van der Waals surface area contributed by atoms with E-state index in [4.69, 9.17) is 9.47 Å². The van der Waals surface area contributed by atoms with Gasteiger partial charge in [-0.2, -0.15) is 0 Å². The van der Waals surface area contributed by atoms with Gasteiger partial charge in [0.05, 0.1) is 24.1 Å². The number of amides is 1. The molecule has 4 rings (SSSR count). The minimum absolute atomic E-state index is 0.00976. The monoisotopic (exact) mass is 468 g/mol. The summed E-state index contributed by atoms with van der Waals surface area (Å²) >= 11 is 0. The molecule has 0 spiro atoms. The molecule has 1 atom stereocenters. The van der Waals surface area contributed by atoms with E-state index in [1.54, 1.807) is 30.3 Å². The van der Waals surface area contributed by atoms with Gasteiger partial charge in [0.2, 0.25) is 0 Å². The maximum atomic E-state index is 13.7. The van der Waals surface area contributed by atoms with Crippen LogP contribution >= 0.6 is 0 Å². The molecule has 33 heavy (non-hydrogen) atoms.